The van der Waals surface area contributed by atoms with Crippen LogP contribution in [0.25, 0.3) is 11.1 Å². The molecule has 1 unspecified atom stereocenters. The largest absolute Gasteiger partial charge is 0.453 e. The molecule has 3 amide bonds. The second-order valence-corrected chi connectivity index (χ2v) is 14.0. The second-order valence-electron chi connectivity index (χ2n) is 14.0. The summed E-state index contributed by atoms with van der Waals surface area (Å²) in [6, 6.07) is 28.2. The Morgan fingerprint density at radius 3 is 2.24 bits per heavy atom. The minimum absolute atomic E-state index is 0.0160. The van der Waals surface area contributed by atoms with Crippen LogP contribution in [0.15, 0.2) is 103 Å². The lowest BCUT2D eigenvalue weighted by Gasteiger charge is -2.34. The second kappa shape index (κ2) is 16.1. The maximum Gasteiger partial charge on any atom is 0.407 e. The lowest BCUT2D eigenvalue weighted by molar-refractivity contribution is -0.142. The highest BCUT2D eigenvalue weighted by Gasteiger charge is 2.39. The molecule has 10 heteroatoms. The van der Waals surface area contributed by atoms with Crippen LogP contribution in [0, 0.1) is 5.41 Å². The number of rotatable bonds is 13. The van der Waals surface area contributed by atoms with Crippen molar-refractivity contribution in [3.63, 3.8) is 0 Å². The molecule has 0 aliphatic heterocycles. The molecule has 10 nitrogen and oxygen atoms in total. The molecule has 1 heterocycles. The number of methoxy groups -OCH3 is 1. The lowest BCUT2D eigenvalue weighted by atomic mass is 9.86. The predicted molar refractivity (Wildman–Crippen MR) is 192 cm³/mol. The van der Waals surface area contributed by atoms with E-state index in [4.69, 9.17) is 4.74 Å². The molecule has 5 rings (SSSR count). The van der Waals surface area contributed by atoms with Crippen molar-refractivity contribution in [1.29, 1.82) is 0 Å². The van der Waals surface area contributed by atoms with E-state index in [0.717, 1.165) is 40.7 Å². The number of carbonyl (C=O) groups is 3. The first-order valence-electron chi connectivity index (χ1n) is 17.0. The average Bonchev–Trinajstić information content (AvgIpc) is 3.52. The fraction of sp³-hybridized carbons (Fsp3) is 0.350. The maximum absolute atomic E-state index is 14.1. The molecule has 1 aliphatic carbocycles. The van der Waals surface area contributed by atoms with E-state index in [1.165, 1.54) is 12.7 Å². The summed E-state index contributed by atoms with van der Waals surface area (Å²) in [4.78, 5) is 44.2. The van der Waals surface area contributed by atoms with Crippen LogP contribution in [0.1, 0.15) is 61.9 Å². The molecule has 1 aromatic heterocycles. The highest BCUT2D eigenvalue weighted by atomic mass is 16.5. The van der Waals surface area contributed by atoms with Crippen molar-refractivity contribution in [1.82, 2.24) is 26.1 Å². The van der Waals surface area contributed by atoms with Crippen LogP contribution in [0.4, 0.5) is 4.79 Å². The van der Waals surface area contributed by atoms with Gasteiger partial charge in [0, 0.05) is 38.3 Å². The summed E-state index contributed by atoms with van der Waals surface area (Å²) in [5.41, 5.74) is 6.56. The van der Waals surface area contributed by atoms with Gasteiger partial charge in [-0.2, -0.15) is 0 Å². The van der Waals surface area contributed by atoms with E-state index in [2.05, 4.69) is 27.1 Å². The van der Waals surface area contributed by atoms with Crippen LogP contribution >= 0.6 is 0 Å². The summed E-state index contributed by atoms with van der Waals surface area (Å²) in [6.07, 6.45) is 4.48. The summed E-state index contributed by atoms with van der Waals surface area (Å²) in [5, 5.41) is 19.7. The Labute approximate surface area is 294 Å². The van der Waals surface area contributed by atoms with E-state index in [0.29, 0.717) is 0 Å². The van der Waals surface area contributed by atoms with Crippen LogP contribution in [0.2, 0.25) is 0 Å². The molecule has 0 radical (unpaired) electrons. The highest BCUT2D eigenvalue weighted by molar-refractivity contribution is 5.87. The first-order chi connectivity index (χ1) is 23.9. The van der Waals surface area contributed by atoms with Crippen molar-refractivity contribution in [3.8, 4) is 11.1 Å². The number of aliphatic hydroxyl groups is 1. The van der Waals surface area contributed by atoms with Crippen molar-refractivity contribution < 1.29 is 24.2 Å². The molecule has 0 fully saturated rings. The smallest absolute Gasteiger partial charge is 0.407 e. The van der Waals surface area contributed by atoms with E-state index in [-0.39, 0.29) is 32.0 Å². The van der Waals surface area contributed by atoms with Crippen LogP contribution in [0.5, 0.6) is 0 Å². The molecular formula is C40H47N5O5. The predicted octanol–water partition coefficient (Wildman–Crippen LogP) is 5.52. The van der Waals surface area contributed by atoms with Gasteiger partial charge < -0.3 is 20.5 Å². The van der Waals surface area contributed by atoms with Crippen molar-refractivity contribution in [3.05, 3.63) is 126 Å². The van der Waals surface area contributed by atoms with Gasteiger partial charge >= 0.3 is 6.09 Å². The number of aryl methyl sites for hydroxylation is 1. The van der Waals surface area contributed by atoms with Gasteiger partial charge in [-0.3, -0.25) is 20.0 Å². The number of hydrogen-bond acceptors (Lipinski definition) is 7. The standard InChI is InChI=1S/C40H47N5O5/c1-39(2,3)35(43-38(48)50-4)36(46)44-45(27-29-14-16-30(17-15-29)31-20-23-41-24-21-31)25-22-40(49,26-28-10-6-5-7-11-28)37(47)42-34-19-18-32-12-8-9-13-33(32)34/h5-17,20-21,23-24,34-35,49H,18-19,22,25-27H2,1-4H3,(H,42,47)(H,43,48)(H,44,46)/t34?,35-,40-/m1/s1. The number of nitrogens with zero attached hydrogens (tertiary/aromatic N) is 2. The number of ether oxygens (including phenoxy) is 1. The van der Waals surface area contributed by atoms with E-state index >= 15 is 0 Å². The van der Waals surface area contributed by atoms with Gasteiger partial charge in [0.2, 0.25) is 0 Å². The molecule has 50 heavy (non-hydrogen) atoms. The van der Waals surface area contributed by atoms with Crippen molar-refractivity contribution >= 4 is 17.9 Å². The number of benzene rings is 3. The van der Waals surface area contributed by atoms with Gasteiger partial charge in [0.1, 0.15) is 11.6 Å². The fourth-order valence-corrected chi connectivity index (χ4v) is 6.35. The first-order valence-corrected chi connectivity index (χ1v) is 17.0. The molecule has 3 aromatic carbocycles. The number of hydrazine groups is 1. The summed E-state index contributed by atoms with van der Waals surface area (Å²) < 4.78 is 4.80. The van der Waals surface area contributed by atoms with Crippen molar-refractivity contribution in [2.45, 2.75) is 70.7 Å². The number of hydrogen-bond donors (Lipinski definition) is 4. The Kier molecular flexibility index (Phi) is 11.7. The maximum atomic E-state index is 14.1. The van der Waals surface area contributed by atoms with Gasteiger partial charge in [0.05, 0.1) is 13.2 Å². The van der Waals surface area contributed by atoms with Crippen LogP contribution in [-0.2, 0) is 33.7 Å². The third-order valence-corrected chi connectivity index (χ3v) is 9.18. The monoisotopic (exact) mass is 677 g/mol. The summed E-state index contributed by atoms with van der Waals surface area (Å²) >= 11 is 0. The molecule has 0 spiro atoms. The Bertz CT molecular complexity index is 1740. The van der Waals surface area contributed by atoms with Gasteiger partial charge in [-0.1, -0.05) is 99.6 Å². The quantitative estimate of drug-likeness (QED) is 0.137. The highest BCUT2D eigenvalue weighted by Crippen LogP contribution is 2.32. The van der Waals surface area contributed by atoms with Gasteiger partial charge in [-0.15, -0.1) is 0 Å². The van der Waals surface area contributed by atoms with E-state index in [1.807, 2.05) is 106 Å². The Balaban J connectivity index is 1.40. The van der Waals surface area contributed by atoms with E-state index in [9.17, 15) is 19.5 Å². The van der Waals surface area contributed by atoms with Gasteiger partial charge in [0.15, 0.2) is 0 Å². The number of aromatic nitrogens is 1. The molecule has 0 saturated carbocycles. The number of pyridine rings is 1. The summed E-state index contributed by atoms with van der Waals surface area (Å²) in [6.45, 7) is 5.94. The number of carbonyl (C=O) groups excluding carboxylic acids is 3. The van der Waals surface area contributed by atoms with Crippen LogP contribution < -0.4 is 16.1 Å². The lowest BCUT2D eigenvalue weighted by Crippen LogP contribution is -2.58. The Morgan fingerprint density at radius 2 is 1.56 bits per heavy atom. The molecule has 1 aliphatic rings. The molecule has 0 saturated heterocycles. The number of fused-ring (bicyclic) bond motifs is 1. The number of amides is 3. The zero-order valence-corrected chi connectivity index (χ0v) is 29.2. The van der Waals surface area contributed by atoms with Crippen molar-refractivity contribution in [2.24, 2.45) is 5.41 Å². The molecule has 3 atom stereocenters. The summed E-state index contributed by atoms with van der Waals surface area (Å²) in [5.74, 6) is -0.911. The Hall–Kier alpha value is -5.06. The zero-order valence-electron chi connectivity index (χ0n) is 29.2. The fourth-order valence-electron chi connectivity index (χ4n) is 6.35. The van der Waals surface area contributed by atoms with Gasteiger partial charge in [-0.05, 0) is 63.8 Å². The van der Waals surface area contributed by atoms with E-state index < -0.39 is 35.0 Å². The van der Waals surface area contributed by atoms with Gasteiger partial charge in [-0.25, -0.2) is 9.80 Å². The normalized spacial score (nSPS) is 15.8. The first kappa shape index (κ1) is 36.2. The SMILES string of the molecule is COC(=O)N[C@H](C(=O)NN(CC[C@@](O)(Cc1ccccc1)C(=O)NC1CCc2ccccc21)Cc1ccc(-c2ccncc2)cc1)C(C)(C)C. The number of nitrogens with one attached hydrogen (secondary N) is 3. The molecule has 4 N–H and O–H groups in total. The molecule has 0 bridgehead atoms. The van der Waals surface area contributed by atoms with Gasteiger partial charge in [0.25, 0.3) is 11.8 Å². The molecule has 4 aromatic rings. The Morgan fingerprint density at radius 1 is 0.900 bits per heavy atom. The van der Waals surface area contributed by atoms with E-state index in [1.54, 1.807) is 17.4 Å². The van der Waals surface area contributed by atoms with Crippen molar-refractivity contribution in [2.75, 3.05) is 13.7 Å². The minimum atomic E-state index is -1.79. The zero-order chi connectivity index (χ0) is 35.7. The third kappa shape index (κ3) is 9.34. The summed E-state index contributed by atoms with van der Waals surface area (Å²) in [7, 11) is 1.25. The average molecular weight is 678 g/mol. The number of alkyl carbamates (subject to hydrolysis) is 1. The third-order valence-electron chi connectivity index (χ3n) is 9.18. The van der Waals surface area contributed by atoms with Crippen LogP contribution in [-0.4, -0.2) is 58.3 Å². The van der Waals surface area contributed by atoms with Crippen LogP contribution in [0.3, 0.4) is 0 Å². The molecular weight excluding hydrogens is 630 g/mol. The molecule has 262 valence electrons. The minimum Gasteiger partial charge on any atom is -0.453 e. The topological polar surface area (TPSA) is 133 Å².